The van der Waals surface area contributed by atoms with Gasteiger partial charge in [-0.3, -0.25) is 4.79 Å². The van der Waals surface area contributed by atoms with Crippen LogP contribution in [0, 0.1) is 5.92 Å². The monoisotopic (exact) mass is 261 g/mol. The molecule has 2 fully saturated rings. The van der Waals surface area contributed by atoms with Crippen molar-refractivity contribution in [2.75, 3.05) is 18.0 Å². The third-order valence-corrected chi connectivity index (χ3v) is 4.27. The Morgan fingerprint density at radius 1 is 1.32 bits per heavy atom. The third-order valence-electron chi connectivity index (χ3n) is 4.27. The molecule has 1 aromatic heterocycles. The van der Waals surface area contributed by atoms with Gasteiger partial charge in [-0.2, -0.15) is 0 Å². The van der Waals surface area contributed by atoms with E-state index in [4.69, 9.17) is 5.11 Å². The molecule has 1 aliphatic carbocycles. The fourth-order valence-corrected chi connectivity index (χ4v) is 2.87. The van der Waals surface area contributed by atoms with Crippen LogP contribution in [0.4, 0.5) is 5.95 Å². The lowest BCUT2D eigenvalue weighted by Gasteiger charge is -2.25. The largest absolute Gasteiger partial charge is 0.481 e. The van der Waals surface area contributed by atoms with Crippen LogP contribution in [-0.4, -0.2) is 34.1 Å². The van der Waals surface area contributed by atoms with Crippen LogP contribution in [0.25, 0.3) is 0 Å². The number of anilines is 1. The van der Waals surface area contributed by atoms with Crippen LogP contribution in [-0.2, 0) is 4.79 Å². The first-order valence-electron chi connectivity index (χ1n) is 7.01. The summed E-state index contributed by atoms with van der Waals surface area (Å²) in [5.74, 6) is 0.920. The molecule has 19 heavy (non-hydrogen) atoms. The minimum absolute atomic E-state index is 0.229. The second kappa shape index (κ2) is 5.15. The van der Waals surface area contributed by atoms with Crippen molar-refractivity contribution in [1.82, 2.24) is 9.97 Å². The van der Waals surface area contributed by atoms with E-state index in [0.29, 0.717) is 5.92 Å². The van der Waals surface area contributed by atoms with Gasteiger partial charge in [0.1, 0.15) is 0 Å². The van der Waals surface area contributed by atoms with Gasteiger partial charge in [0, 0.05) is 31.9 Å². The normalized spacial score (nSPS) is 23.4. The highest BCUT2D eigenvalue weighted by Gasteiger charge is 2.26. The fraction of sp³-hybridized carbons (Fsp3) is 0.643. The van der Waals surface area contributed by atoms with Crippen LogP contribution in [0.1, 0.15) is 43.6 Å². The molecule has 102 valence electrons. The number of hydrogen-bond donors (Lipinski definition) is 1. The van der Waals surface area contributed by atoms with Crippen LogP contribution in [0.5, 0.6) is 0 Å². The van der Waals surface area contributed by atoms with E-state index in [2.05, 4.69) is 14.9 Å². The SMILES string of the molecule is O=C(O)CC1CCN(c2ncc(C3CCC3)cn2)C1. The summed E-state index contributed by atoms with van der Waals surface area (Å²) in [5, 5.41) is 8.81. The summed E-state index contributed by atoms with van der Waals surface area (Å²) in [7, 11) is 0. The number of carboxylic acid groups (broad SMARTS) is 1. The number of aromatic nitrogens is 2. The van der Waals surface area contributed by atoms with Gasteiger partial charge in [-0.1, -0.05) is 6.42 Å². The topological polar surface area (TPSA) is 66.3 Å². The number of rotatable bonds is 4. The van der Waals surface area contributed by atoms with Gasteiger partial charge in [-0.05, 0) is 36.7 Å². The number of carboxylic acids is 1. The molecule has 5 nitrogen and oxygen atoms in total. The molecule has 2 aliphatic rings. The van der Waals surface area contributed by atoms with E-state index in [9.17, 15) is 4.79 Å². The summed E-state index contributed by atoms with van der Waals surface area (Å²) in [6.45, 7) is 1.62. The Morgan fingerprint density at radius 3 is 2.63 bits per heavy atom. The summed E-state index contributed by atoms with van der Waals surface area (Å²) in [6, 6.07) is 0. The van der Waals surface area contributed by atoms with Crippen molar-refractivity contribution < 1.29 is 9.90 Å². The van der Waals surface area contributed by atoms with Crippen molar-refractivity contribution in [2.45, 2.75) is 38.0 Å². The summed E-state index contributed by atoms with van der Waals surface area (Å²) < 4.78 is 0. The lowest BCUT2D eigenvalue weighted by Crippen LogP contribution is -2.23. The fourth-order valence-electron chi connectivity index (χ4n) is 2.87. The maximum absolute atomic E-state index is 10.7. The predicted molar refractivity (Wildman–Crippen MR) is 71.2 cm³/mol. The molecule has 0 amide bonds. The van der Waals surface area contributed by atoms with Gasteiger partial charge in [-0.15, -0.1) is 0 Å². The predicted octanol–water partition coefficient (Wildman–Crippen LogP) is 2.05. The van der Waals surface area contributed by atoms with Crippen LogP contribution in [0.15, 0.2) is 12.4 Å². The number of nitrogens with zero attached hydrogens (tertiary/aromatic N) is 3. The average molecular weight is 261 g/mol. The molecule has 3 rings (SSSR count). The van der Waals surface area contributed by atoms with Gasteiger partial charge in [-0.25, -0.2) is 9.97 Å². The highest BCUT2D eigenvalue weighted by Crippen LogP contribution is 2.35. The first-order chi connectivity index (χ1) is 9.22. The molecule has 1 saturated carbocycles. The van der Waals surface area contributed by atoms with Crippen molar-refractivity contribution >= 4 is 11.9 Å². The zero-order valence-electron chi connectivity index (χ0n) is 11.0. The standard InChI is InChI=1S/C14H19N3O2/c18-13(19)6-10-4-5-17(9-10)14-15-7-12(8-16-14)11-2-1-3-11/h7-8,10-11H,1-6,9H2,(H,18,19). The minimum atomic E-state index is -0.715. The van der Waals surface area contributed by atoms with E-state index < -0.39 is 5.97 Å². The minimum Gasteiger partial charge on any atom is -0.481 e. The number of carbonyl (C=O) groups is 1. The molecule has 1 aromatic rings. The van der Waals surface area contributed by atoms with Gasteiger partial charge in [0.05, 0.1) is 0 Å². The maximum Gasteiger partial charge on any atom is 0.303 e. The Labute approximate surface area is 112 Å². The molecule has 0 aromatic carbocycles. The van der Waals surface area contributed by atoms with Gasteiger partial charge < -0.3 is 10.0 Å². The average Bonchev–Trinajstić information content (AvgIpc) is 2.75. The Morgan fingerprint density at radius 2 is 2.05 bits per heavy atom. The lowest BCUT2D eigenvalue weighted by atomic mass is 9.81. The maximum atomic E-state index is 10.7. The van der Waals surface area contributed by atoms with Crippen LogP contribution < -0.4 is 4.90 Å². The molecule has 1 unspecified atom stereocenters. The van der Waals surface area contributed by atoms with Crippen LogP contribution >= 0.6 is 0 Å². The summed E-state index contributed by atoms with van der Waals surface area (Å²) in [6.07, 6.45) is 8.87. The first-order valence-corrected chi connectivity index (χ1v) is 7.01. The molecule has 1 saturated heterocycles. The van der Waals surface area contributed by atoms with E-state index >= 15 is 0 Å². The van der Waals surface area contributed by atoms with Crippen molar-refractivity contribution in [2.24, 2.45) is 5.92 Å². The molecule has 0 bridgehead atoms. The van der Waals surface area contributed by atoms with E-state index in [1.165, 1.54) is 24.8 Å². The highest BCUT2D eigenvalue weighted by molar-refractivity contribution is 5.67. The summed E-state index contributed by atoms with van der Waals surface area (Å²) in [5.41, 5.74) is 1.25. The molecular formula is C14H19N3O2. The van der Waals surface area contributed by atoms with E-state index in [-0.39, 0.29) is 12.3 Å². The lowest BCUT2D eigenvalue weighted by molar-refractivity contribution is -0.137. The Kier molecular flexibility index (Phi) is 3.36. The van der Waals surface area contributed by atoms with Crippen molar-refractivity contribution in [1.29, 1.82) is 0 Å². The van der Waals surface area contributed by atoms with Crippen molar-refractivity contribution in [3.8, 4) is 0 Å². The van der Waals surface area contributed by atoms with Gasteiger partial charge >= 0.3 is 5.97 Å². The molecule has 5 heteroatoms. The van der Waals surface area contributed by atoms with E-state index in [0.717, 1.165) is 25.5 Å². The third kappa shape index (κ3) is 2.69. The van der Waals surface area contributed by atoms with E-state index in [1.807, 2.05) is 12.4 Å². The molecule has 0 spiro atoms. The van der Waals surface area contributed by atoms with Gasteiger partial charge in [0.15, 0.2) is 0 Å². The quantitative estimate of drug-likeness (QED) is 0.898. The number of aliphatic carboxylic acids is 1. The molecule has 0 radical (unpaired) electrons. The first kappa shape index (κ1) is 12.4. The molecular weight excluding hydrogens is 242 g/mol. The zero-order chi connectivity index (χ0) is 13.2. The highest BCUT2D eigenvalue weighted by atomic mass is 16.4. The molecule has 2 heterocycles. The van der Waals surface area contributed by atoms with Crippen molar-refractivity contribution in [3.63, 3.8) is 0 Å². The number of hydrogen-bond acceptors (Lipinski definition) is 4. The van der Waals surface area contributed by atoms with Gasteiger partial charge in [0.2, 0.25) is 5.95 Å². The van der Waals surface area contributed by atoms with Crippen LogP contribution in [0.3, 0.4) is 0 Å². The Hall–Kier alpha value is -1.65. The smallest absolute Gasteiger partial charge is 0.303 e. The summed E-state index contributed by atoms with van der Waals surface area (Å²) >= 11 is 0. The second-order valence-electron chi connectivity index (χ2n) is 5.64. The molecule has 1 atom stereocenters. The molecule has 1 aliphatic heterocycles. The second-order valence-corrected chi connectivity index (χ2v) is 5.64. The van der Waals surface area contributed by atoms with Crippen molar-refractivity contribution in [3.05, 3.63) is 18.0 Å². The molecule has 1 N–H and O–H groups in total. The van der Waals surface area contributed by atoms with Crippen LogP contribution in [0.2, 0.25) is 0 Å². The Balaban J connectivity index is 1.61. The Bertz CT molecular complexity index is 456. The summed E-state index contributed by atoms with van der Waals surface area (Å²) in [4.78, 5) is 21.7. The zero-order valence-corrected chi connectivity index (χ0v) is 11.0. The van der Waals surface area contributed by atoms with E-state index in [1.54, 1.807) is 0 Å². The van der Waals surface area contributed by atoms with Gasteiger partial charge in [0.25, 0.3) is 0 Å².